The van der Waals surface area contributed by atoms with Crippen LogP contribution in [0.25, 0.3) is 11.4 Å². The third-order valence-corrected chi connectivity index (χ3v) is 3.46. The summed E-state index contributed by atoms with van der Waals surface area (Å²) >= 11 is 0. The van der Waals surface area contributed by atoms with E-state index in [-0.39, 0.29) is 17.9 Å². The first-order valence-corrected chi connectivity index (χ1v) is 6.71. The van der Waals surface area contributed by atoms with E-state index in [0.717, 1.165) is 11.3 Å². The van der Waals surface area contributed by atoms with Crippen LogP contribution in [0, 0.1) is 5.92 Å². The molecule has 0 fully saturated rings. The van der Waals surface area contributed by atoms with E-state index in [0.29, 0.717) is 12.2 Å². The Morgan fingerprint density at radius 2 is 2.29 bits per heavy atom. The van der Waals surface area contributed by atoms with E-state index >= 15 is 0 Å². The second kappa shape index (κ2) is 5.45. The molecule has 2 atom stereocenters. The van der Waals surface area contributed by atoms with Crippen LogP contribution in [-0.4, -0.2) is 32.2 Å². The number of rotatable bonds is 3. The number of anilines is 1. The zero-order valence-electron chi connectivity index (χ0n) is 11.6. The lowest BCUT2D eigenvalue weighted by atomic mass is 10.1. The number of aryl methyl sites for hydroxylation is 1. The Morgan fingerprint density at radius 3 is 2.95 bits per heavy atom. The number of benzene rings is 1. The van der Waals surface area contributed by atoms with Crippen molar-refractivity contribution in [3.8, 4) is 11.4 Å². The van der Waals surface area contributed by atoms with Gasteiger partial charge in [-0.2, -0.15) is 0 Å². The van der Waals surface area contributed by atoms with Gasteiger partial charge >= 0.3 is 0 Å². The van der Waals surface area contributed by atoms with E-state index in [9.17, 15) is 4.79 Å². The number of nitrogens with two attached hydrogens (primary N) is 1. The van der Waals surface area contributed by atoms with Crippen molar-refractivity contribution in [2.24, 2.45) is 18.7 Å². The molecule has 0 radical (unpaired) electrons. The summed E-state index contributed by atoms with van der Waals surface area (Å²) < 4.78 is 1.58. The summed E-state index contributed by atoms with van der Waals surface area (Å²) in [4.78, 5) is 12.2. The van der Waals surface area contributed by atoms with Gasteiger partial charge in [-0.1, -0.05) is 24.3 Å². The Morgan fingerprint density at radius 1 is 1.43 bits per heavy atom. The highest BCUT2D eigenvalue weighted by Crippen LogP contribution is 2.22. The van der Waals surface area contributed by atoms with Gasteiger partial charge in [-0.3, -0.25) is 4.79 Å². The monoisotopic (exact) mass is 284 g/mol. The van der Waals surface area contributed by atoms with Gasteiger partial charge in [0, 0.05) is 24.3 Å². The van der Waals surface area contributed by atoms with Crippen molar-refractivity contribution in [2.45, 2.75) is 12.5 Å². The fourth-order valence-electron chi connectivity index (χ4n) is 2.37. The van der Waals surface area contributed by atoms with Crippen LogP contribution in [-0.2, 0) is 11.8 Å². The van der Waals surface area contributed by atoms with E-state index in [4.69, 9.17) is 5.73 Å². The Kier molecular flexibility index (Phi) is 3.49. The highest BCUT2D eigenvalue weighted by atomic mass is 16.1. The molecule has 0 spiro atoms. The number of carbonyl (C=O) groups is 1. The Bertz CT molecular complexity index is 692. The molecule has 108 valence electrons. The van der Waals surface area contributed by atoms with Gasteiger partial charge in [-0.15, -0.1) is 5.10 Å². The Balaban J connectivity index is 1.76. The van der Waals surface area contributed by atoms with E-state index in [1.165, 1.54) is 0 Å². The van der Waals surface area contributed by atoms with E-state index in [2.05, 4.69) is 20.8 Å². The quantitative estimate of drug-likeness (QED) is 0.809. The molecule has 21 heavy (non-hydrogen) atoms. The lowest BCUT2D eigenvalue weighted by Gasteiger charge is -2.11. The molecule has 1 aromatic heterocycles. The van der Waals surface area contributed by atoms with Gasteiger partial charge in [-0.05, 0) is 29.0 Å². The normalized spacial score (nSPS) is 20.7. The lowest BCUT2D eigenvalue weighted by molar-refractivity contribution is -0.118. The van der Waals surface area contributed by atoms with Crippen molar-refractivity contribution in [1.82, 2.24) is 20.2 Å². The van der Waals surface area contributed by atoms with Gasteiger partial charge in [-0.25, -0.2) is 4.68 Å². The summed E-state index contributed by atoms with van der Waals surface area (Å²) in [6.07, 6.45) is 4.38. The minimum Gasteiger partial charge on any atom is -0.326 e. The van der Waals surface area contributed by atoms with Crippen LogP contribution >= 0.6 is 0 Å². The molecule has 3 rings (SSSR count). The van der Waals surface area contributed by atoms with Crippen LogP contribution in [0.3, 0.4) is 0 Å². The largest absolute Gasteiger partial charge is 0.326 e. The zero-order chi connectivity index (χ0) is 14.8. The maximum atomic E-state index is 12.2. The fraction of sp³-hybridized carbons (Fsp3) is 0.286. The number of aromatic nitrogens is 4. The summed E-state index contributed by atoms with van der Waals surface area (Å²) in [5.74, 6) is 0.432. The first kappa shape index (κ1) is 13.4. The van der Waals surface area contributed by atoms with Crippen LogP contribution < -0.4 is 11.1 Å². The Labute approximate surface area is 121 Å². The molecule has 0 aliphatic heterocycles. The fourth-order valence-corrected chi connectivity index (χ4v) is 2.37. The average Bonchev–Trinajstić information content (AvgIpc) is 3.08. The van der Waals surface area contributed by atoms with Crippen LogP contribution in [0.4, 0.5) is 5.69 Å². The van der Waals surface area contributed by atoms with Crippen molar-refractivity contribution in [3.63, 3.8) is 0 Å². The lowest BCUT2D eigenvalue weighted by Crippen LogP contribution is -2.23. The van der Waals surface area contributed by atoms with E-state index in [1.54, 1.807) is 11.7 Å². The number of hydrogen-bond acceptors (Lipinski definition) is 5. The molecule has 1 aliphatic rings. The molecule has 7 heteroatoms. The number of carbonyl (C=O) groups excluding carboxylic acids is 1. The molecule has 3 N–H and O–H groups in total. The van der Waals surface area contributed by atoms with Gasteiger partial charge in [0.2, 0.25) is 5.91 Å². The third kappa shape index (κ3) is 2.82. The topological polar surface area (TPSA) is 98.7 Å². The summed E-state index contributed by atoms with van der Waals surface area (Å²) in [5.41, 5.74) is 7.33. The van der Waals surface area contributed by atoms with Crippen LogP contribution in [0.5, 0.6) is 0 Å². The second-order valence-electron chi connectivity index (χ2n) is 5.09. The van der Waals surface area contributed by atoms with Crippen molar-refractivity contribution >= 4 is 11.6 Å². The minimum atomic E-state index is -0.167. The molecule has 7 nitrogen and oxygen atoms in total. The molecule has 0 saturated carbocycles. The van der Waals surface area contributed by atoms with E-state index in [1.807, 2.05) is 36.4 Å². The van der Waals surface area contributed by atoms with Gasteiger partial charge in [0.1, 0.15) is 0 Å². The van der Waals surface area contributed by atoms with Crippen LogP contribution in [0.2, 0.25) is 0 Å². The highest BCUT2D eigenvalue weighted by Gasteiger charge is 2.22. The van der Waals surface area contributed by atoms with Gasteiger partial charge in [0.25, 0.3) is 0 Å². The summed E-state index contributed by atoms with van der Waals surface area (Å²) in [7, 11) is 1.77. The first-order valence-electron chi connectivity index (χ1n) is 6.71. The molecule has 0 saturated heterocycles. The van der Waals surface area contributed by atoms with Gasteiger partial charge in [0.15, 0.2) is 5.82 Å². The molecular weight excluding hydrogens is 268 g/mol. The van der Waals surface area contributed by atoms with Gasteiger partial charge < -0.3 is 11.1 Å². The predicted octanol–water partition coefficient (Wildman–Crippen LogP) is 0.719. The molecule has 1 aromatic carbocycles. The van der Waals surface area contributed by atoms with Crippen molar-refractivity contribution in [3.05, 3.63) is 36.4 Å². The molecule has 0 bridgehead atoms. The minimum absolute atomic E-state index is 0.0307. The maximum Gasteiger partial charge on any atom is 0.231 e. The number of nitrogens with zero attached hydrogens (tertiary/aromatic N) is 4. The van der Waals surface area contributed by atoms with Crippen LogP contribution in [0.15, 0.2) is 36.4 Å². The van der Waals surface area contributed by atoms with Crippen molar-refractivity contribution in [1.29, 1.82) is 0 Å². The molecule has 1 aliphatic carbocycles. The summed E-state index contributed by atoms with van der Waals surface area (Å²) in [6.45, 7) is 0. The van der Waals surface area contributed by atoms with Crippen LogP contribution in [0.1, 0.15) is 6.42 Å². The third-order valence-electron chi connectivity index (χ3n) is 3.46. The maximum absolute atomic E-state index is 12.2. The average molecular weight is 284 g/mol. The molecule has 2 aromatic rings. The molecule has 1 amide bonds. The SMILES string of the molecule is Cn1nnnc1-c1cccc(NC(=O)C2C=CC(N)C2)c1. The molecular formula is C14H16N6O. The summed E-state index contributed by atoms with van der Waals surface area (Å²) in [6, 6.07) is 7.41. The number of hydrogen-bond donors (Lipinski definition) is 2. The summed E-state index contributed by atoms with van der Waals surface area (Å²) in [5, 5.41) is 14.3. The second-order valence-corrected chi connectivity index (χ2v) is 5.09. The van der Waals surface area contributed by atoms with Crippen molar-refractivity contribution < 1.29 is 4.79 Å². The van der Waals surface area contributed by atoms with Gasteiger partial charge in [0.05, 0.1) is 5.92 Å². The highest BCUT2D eigenvalue weighted by molar-refractivity contribution is 5.94. The number of amides is 1. The number of nitrogens with one attached hydrogen (secondary N) is 1. The predicted molar refractivity (Wildman–Crippen MR) is 78.1 cm³/mol. The smallest absolute Gasteiger partial charge is 0.231 e. The first-order chi connectivity index (χ1) is 10.1. The number of tetrazole rings is 1. The van der Waals surface area contributed by atoms with Crippen molar-refractivity contribution in [2.75, 3.05) is 5.32 Å². The zero-order valence-corrected chi connectivity index (χ0v) is 11.6. The standard InChI is InChI=1S/C14H16N6O/c1-20-13(17-18-19-20)9-3-2-4-12(8-9)16-14(21)10-5-6-11(15)7-10/h2-6,8,10-11H,7,15H2,1H3,(H,16,21). The molecule has 2 unspecified atom stereocenters. The Hall–Kier alpha value is -2.54. The van der Waals surface area contributed by atoms with E-state index < -0.39 is 0 Å². The molecule has 1 heterocycles.